The van der Waals surface area contributed by atoms with E-state index in [1.807, 2.05) is 0 Å². The van der Waals surface area contributed by atoms with Gasteiger partial charge in [0, 0.05) is 29.6 Å². The second kappa shape index (κ2) is 7.36. The van der Waals surface area contributed by atoms with Crippen molar-refractivity contribution in [1.82, 2.24) is 10.1 Å². The summed E-state index contributed by atoms with van der Waals surface area (Å²) in [6.45, 7) is 1.88. The first-order valence-electron chi connectivity index (χ1n) is 8.44. The number of fused-ring (bicyclic) bond motifs is 1. The number of rotatable bonds is 5. The first kappa shape index (κ1) is 17.5. The van der Waals surface area contributed by atoms with Crippen LogP contribution in [0.15, 0.2) is 68.3 Å². The Morgan fingerprint density at radius 1 is 1.11 bits per heavy atom. The zero-order valence-electron chi connectivity index (χ0n) is 14.8. The van der Waals surface area contributed by atoms with E-state index in [4.69, 9.17) is 13.7 Å². The van der Waals surface area contributed by atoms with Crippen molar-refractivity contribution < 1.29 is 18.5 Å². The van der Waals surface area contributed by atoms with E-state index in [0.29, 0.717) is 34.3 Å². The van der Waals surface area contributed by atoms with Gasteiger partial charge in [-0.1, -0.05) is 5.16 Å². The highest BCUT2D eigenvalue weighted by Gasteiger charge is 2.08. The van der Waals surface area contributed by atoms with Gasteiger partial charge >= 0.3 is 5.63 Å². The summed E-state index contributed by atoms with van der Waals surface area (Å²) in [7, 11) is 0. The molecule has 2 aromatic carbocycles. The molecule has 0 saturated heterocycles. The van der Waals surface area contributed by atoms with E-state index < -0.39 is 5.63 Å². The molecule has 0 bridgehead atoms. The molecule has 4 aromatic rings. The number of nitrogens with one attached hydrogen (secondary N) is 1. The Labute approximate surface area is 158 Å². The number of carbonyl (C=O) groups is 1. The molecule has 0 spiro atoms. The van der Waals surface area contributed by atoms with Gasteiger partial charge < -0.3 is 19.0 Å². The van der Waals surface area contributed by atoms with Gasteiger partial charge in [0.15, 0.2) is 6.61 Å². The molecule has 0 fully saturated rings. The second-order valence-electron chi connectivity index (χ2n) is 6.00. The third kappa shape index (κ3) is 3.90. The number of aryl methyl sites for hydroxylation is 1. The van der Waals surface area contributed by atoms with E-state index in [9.17, 15) is 9.59 Å². The summed E-state index contributed by atoms with van der Waals surface area (Å²) in [6, 6.07) is 14.7. The molecule has 0 radical (unpaired) electrons. The number of carbonyl (C=O) groups excluding carboxylic acids is 1. The van der Waals surface area contributed by atoms with Gasteiger partial charge in [-0.05, 0) is 48.5 Å². The molecule has 0 saturated carbocycles. The topological polar surface area (TPSA) is 107 Å². The number of ether oxygens (including phenoxy) is 1. The van der Waals surface area contributed by atoms with Crippen LogP contribution in [-0.2, 0) is 6.61 Å². The minimum Gasteiger partial charge on any atom is -0.485 e. The van der Waals surface area contributed by atoms with E-state index in [2.05, 4.69) is 15.5 Å². The summed E-state index contributed by atoms with van der Waals surface area (Å²) >= 11 is 0. The number of hydrogen-bond donors (Lipinski definition) is 1. The van der Waals surface area contributed by atoms with E-state index in [0.717, 1.165) is 5.39 Å². The van der Waals surface area contributed by atoms with Crippen LogP contribution in [-0.4, -0.2) is 16.0 Å². The zero-order chi connectivity index (χ0) is 19.5. The Balaban J connectivity index is 1.41. The van der Waals surface area contributed by atoms with Crippen molar-refractivity contribution >= 4 is 22.6 Å². The molecule has 0 aliphatic rings. The van der Waals surface area contributed by atoms with Gasteiger partial charge in [-0.2, -0.15) is 4.98 Å². The largest absolute Gasteiger partial charge is 0.485 e. The maximum absolute atomic E-state index is 12.4. The Bertz CT molecular complexity index is 1190. The highest BCUT2D eigenvalue weighted by molar-refractivity contribution is 6.05. The van der Waals surface area contributed by atoms with Crippen LogP contribution < -0.4 is 15.7 Å². The summed E-state index contributed by atoms with van der Waals surface area (Å²) in [5.41, 5.74) is 1.12. The van der Waals surface area contributed by atoms with E-state index in [1.54, 1.807) is 55.5 Å². The molecule has 0 unspecified atom stereocenters. The maximum atomic E-state index is 12.4. The van der Waals surface area contributed by atoms with E-state index >= 15 is 0 Å². The first-order chi connectivity index (χ1) is 13.6. The molecule has 0 aliphatic heterocycles. The number of aromatic nitrogens is 2. The lowest BCUT2D eigenvalue weighted by Crippen LogP contribution is -2.11. The average Bonchev–Trinajstić information content (AvgIpc) is 3.12. The molecule has 1 amide bonds. The monoisotopic (exact) mass is 377 g/mol. The van der Waals surface area contributed by atoms with Gasteiger partial charge in [0.05, 0.1) is 0 Å². The standard InChI is InChI=1S/C20H15N3O5/c1-12-21-18(23-28-12)11-26-16-6-2-13(3-7-16)20(25)22-15-5-8-17-14(10-15)4-9-19(24)27-17/h2-10H,11H2,1H3,(H,22,25). The van der Waals surface area contributed by atoms with Gasteiger partial charge in [-0.3, -0.25) is 4.79 Å². The lowest BCUT2D eigenvalue weighted by atomic mass is 10.2. The highest BCUT2D eigenvalue weighted by Crippen LogP contribution is 2.19. The Hall–Kier alpha value is -3.94. The molecule has 28 heavy (non-hydrogen) atoms. The summed E-state index contributed by atoms with van der Waals surface area (Å²) in [4.78, 5) is 27.7. The molecule has 2 heterocycles. The summed E-state index contributed by atoms with van der Waals surface area (Å²) in [5, 5.41) is 7.28. The van der Waals surface area contributed by atoms with Crippen LogP contribution in [0.2, 0.25) is 0 Å². The van der Waals surface area contributed by atoms with Gasteiger partial charge in [-0.25, -0.2) is 4.79 Å². The molecular weight excluding hydrogens is 362 g/mol. The fourth-order valence-corrected chi connectivity index (χ4v) is 2.60. The lowest BCUT2D eigenvalue weighted by molar-refractivity contribution is 0.102. The number of amides is 1. The predicted octanol–water partition coefficient (Wildman–Crippen LogP) is 3.32. The van der Waals surface area contributed by atoms with Crippen molar-refractivity contribution in [3.63, 3.8) is 0 Å². The number of nitrogens with zero attached hydrogens (tertiary/aromatic N) is 2. The summed E-state index contributed by atoms with van der Waals surface area (Å²) in [6.07, 6.45) is 0. The van der Waals surface area contributed by atoms with E-state index in [1.165, 1.54) is 6.07 Å². The van der Waals surface area contributed by atoms with Crippen molar-refractivity contribution in [2.75, 3.05) is 5.32 Å². The maximum Gasteiger partial charge on any atom is 0.336 e. The van der Waals surface area contributed by atoms with Crippen LogP contribution in [0.1, 0.15) is 22.1 Å². The molecular formula is C20H15N3O5. The molecule has 1 N–H and O–H groups in total. The van der Waals surface area contributed by atoms with Gasteiger partial charge in [0.25, 0.3) is 5.91 Å². The molecule has 8 nitrogen and oxygen atoms in total. The third-order valence-electron chi connectivity index (χ3n) is 3.93. The van der Waals surface area contributed by atoms with Crippen molar-refractivity contribution in [2.24, 2.45) is 0 Å². The SMILES string of the molecule is Cc1nc(COc2ccc(C(=O)Nc3ccc4oc(=O)ccc4c3)cc2)no1. The molecule has 4 rings (SSSR count). The Morgan fingerprint density at radius 3 is 2.68 bits per heavy atom. The van der Waals surface area contributed by atoms with Crippen molar-refractivity contribution in [3.8, 4) is 5.75 Å². The van der Waals surface area contributed by atoms with Gasteiger partial charge in [-0.15, -0.1) is 0 Å². The molecule has 140 valence electrons. The molecule has 8 heteroatoms. The number of hydrogen-bond acceptors (Lipinski definition) is 7. The first-order valence-corrected chi connectivity index (χ1v) is 8.44. The lowest BCUT2D eigenvalue weighted by Gasteiger charge is -2.07. The Morgan fingerprint density at radius 2 is 1.93 bits per heavy atom. The van der Waals surface area contributed by atoms with Crippen LogP contribution in [0.3, 0.4) is 0 Å². The fraction of sp³-hybridized carbons (Fsp3) is 0.100. The van der Waals surface area contributed by atoms with Crippen LogP contribution in [0, 0.1) is 6.92 Å². The summed E-state index contributed by atoms with van der Waals surface area (Å²) < 4.78 is 15.5. The predicted molar refractivity (Wildman–Crippen MR) is 100 cm³/mol. The van der Waals surface area contributed by atoms with Crippen LogP contribution in [0.5, 0.6) is 5.75 Å². The molecule has 0 atom stereocenters. The fourth-order valence-electron chi connectivity index (χ4n) is 2.60. The van der Waals surface area contributed by atoms with Crippen LogP contribution >= 0.6 is 0 Å². The average molecular weight is 377 g/mol. The minimum absolute atomic E-state index is 0.177. The molecule has 0 aliphatic carbocycles. The van der Waals surface area contributed by atoms with Crippen LogP contribution in [0.4, 0.5) is 5.69 Å². The molecule has 2 aromatic heterocycles. The second-order valence-corrected chi connectivity index (χ2v) is 6.00. The quantitative estimate of drug-likeness (QED) is 0.532. The van der Waals surface area contributed by atoms with Crippen molar-refractivity contribution in [3.05, 3.63) is 82.3 Å². The smallest absolute Gasteiger partial charge is 0.336 e. The number of anilines is 1. The number of benzene rings is 2. The van der Waals surface area contributed by atoms with E-state index in [-0.39, 0.29) is 12.5 Å². The minimum atomic E-state index is -0.416. The normalized spacial score (nSPS) is 10.8. The van der Waals surface area contributed by atoms with Gasteiger partial charge in [0.2, 0.25) is 11.7 Å². The van der Waals surface area contributed by atoms with Crippen molar-refractivity contribution in [2.45, 2.75) is 13.5 Å². The van der Waals surface area contributed by atoms with Crippen LogP contribution in [0.25, 0.3) is 11.0 Å². The Kier molecular flexibility index (Phi) is 4.59. The third-order valence-corrected chi connectivity index (χ3v) is 3.93. The zero-order valence-corrected chi connectivity index (χ0v) is 14.8. The van der Waals surface area contributed by atoms with Crippen molar-refractivity contribution in [1.29, 1.82) is 0 Å². The van der Waals surface area contributed by atoms with Gasteiger partial charge in [0.1, 0.15) is 11.3 Å². The highest BCUT2D eigenvalue weighted by atomic mass is 16.5. The summed E-state index contributed by atoms with van der Waals surface area (Å²) in [5.74, 6) is 1.24.